The summed E-state index contributed by atoms with van der Waals surface area (Å²) >= 11 is 0. The Labute approximate surface area is 126 Å². The van der Waals surface area contributed by atoms with Crippen LogP contribution in [0.5, 0.6) is 5.88 Å². The Balaban J connectivity index is 1.55. The molecule has 2 atom stereocenters. The van der Waals surface area contributed by atoms with Gasteiger partial charge >= 0.3 is 0 Å². The molecule has 3 aliphatic heterocycles. The van der Waals surface area contributed by atoms with Crippen LogP contribution in [-0.2, 0) is 0 Å². The van der Waals surface area contributed by atoms with Crippen LogP contribution < -0.4 is 9.64 Å². The molecule has 1 saturated carbocycles. The van der Waals surface area contributed by atoms with E-state index in [-0.39, 0.29) is 0 Å². The highest BCUT2D eigenvalue weighted by molar-refractivity contribution is 5.48. The van der Waals surface area contributed by atoms with Gasteiger partial charge in [0.15, 0.2) is 5.82 Å². The number of hydrogen-bond donors (Lipinski definition) is 0. The number of hydrogen-bond acceptors (Lipinski definition) is 5. The standard InChI is InChI=1S/C16H24N4O/c1-21-16-15(17-6-7-18-16)20-10-13-4-5-14(11-20)19(9-13)8-12-2-3-12/h6-7,12-14H,2-5,8-11H2,1H3/t13-,14-/m0/s1. The van der Waals surface area contributed by atoms with Crippen LogP contribution in [0.4, 0.5) is 5.82 Å². The molecule has 5 heteroatoms. The largest absolute Gasteiger partial charge is 0.478 e. The lowest BCUT2D eigenvalue weighted by molar-refractivity contribution is 0.128. The third-order valence-electron chi connectivity index (χ3n) is 5.16. The summed E-state index contributed by atoms with van der Waals surface area (Å²) in [6, 6.07) is 0.677. The van der Waals surface area contributed by atoms with E-state index in [4.69, 9.17) is 4.74 Å². The second-order valence-corrected chi connectivity index (χ2v) is 6.79. The highest BCUT2D eigenvalue weighted by atomic mass is 16.5. The van der Waals surface area contributed by atoms with Crippen LogP contribution in [0.1, 0.15) is 25.7 Å². The van der Waals surface area contributed by atoms with Gasteiger partial charge in [-0.05, 0) is 37.5 Å². The molecule has 5 nitrogen and oxygen atoms in total. The zero-order valence-corrected chi connectivity index (χ0v) is 12.7. The lowest BCUT2D eigenvalue weighted by Gasteiger charge is -2.36. The van der Waals surface area contributed by atoms with E-state index in [1.807, 2.05) is 0 Å². The molecule has 4 heterocycles. The minimum atomic E-state index is 0.660. The number of anilines is 1. The first-order chi connectivity index (χ1) is 10.3. The van der Waals surface area contributed by atoms with E-state index in [0.717, 1.165) is 30.7 Å². The molecular formula is C16H24N4O. The van der Waals surface area contributed by atoms with Crippen molar-refractivity contribution in [3.05, 3.63) is 12.4 Å². The Hall–Kier alpha value is -1.36. The van der Waals surface area contributed by atoms with Gasteiger partial charge in [-0.25, -0.2) is 9.97 Å². The summed E-state index contributed by atoms with van der Waals surface area (Å²) in [6.07, 6.45) is 9.04. The molecular weight excluding hydrogens is 264 g/mol. The molecule has 1 aromatic heterocycles. The van der Waals surface area contributed by atoms with Crippen molar-refractivity contribution in [2.75, 3.05) is 38.2 Å². The van der Waals surface area contributed by atoms with E-state index in [1.54, 1.807) is 19.5 Å². The first kappa shape index (κ1) is 13.3. The molecule has 4 fully saturated rings. The van der Waals surface area contributed by atoms with Gasteiger partial charge in [-0.3, -0.25) is 4.90 Å². The topological polar surface area (TPSA) is 41.5 Å². The summed E-state index contributed by atoms with van der Waals surface area (Å²) < 4.78 is 5.40. The van der Waals surface area contributed by atoms with Crippen molar-refractivity contribution < 1.29 is 4.74 Å². The third kappa shape index (κ3) is 2.71. The van der Waals surface area contributed by atoms with Crippen LogP contribution in [0.25, 0.3) is 0 Å². The van der Waals surface area contributed by atoms with E-state index in [1.165, 1.54) is 38.8 Å². The zero-order chi connectivity index (χ0) is 14.2. The maximum Gasteiger partial charge on any atom is 0.257 e. The first-order valence-corrected chi connectivity index (χ1v) is 8.17. The molecule has 0 aromatic carbocycles. The Morgan fingerprint density at radius 3 is 2.76 bits per heavy atom. The highest BCUT2D eigenvalue weighted by Crippen LogP contribution is 2.36. The van der Waals surface area contributed by atoms with Crippen molar-refractivity contribution in [1.29, 1.82) is 0 Å². The number of fused-ring (bicyclic) bond motifs is 4. The number of ether oxygens (including phenoxy) is 1. The van der Waals surface area contributed by atoms with E-state index >= 15 is 0 Å². The number of nitrogens with zero attached hydrogens (tertiary/aromatic N) is 4. The second-order valence-electron chi connectivity index (χ2n) is 6.79. The van der Waals surface area contributed by atoms with Crippen LogP contribution in [0.15, 0.2) is 12.4 Å². The van der Waals surface area contributed by atoms with Gasteiger partial charge in [-0.15, -0.1) is 0 Å². The molecule has 2 bridgehead atoms. The molecule has 4 aliphatic rings. The van der Waals surface area contributed by atoms with Gasteiger partial charge in [0, 0.05) is 44.6 Å². The van der Waals surface area contributed by atoms with Crippen LogP contribution in [0.3, 0.4) is 0 Å². The molecule has 21 heavy (non-hydrogen) atoms. The van der Waals surface area contributed by atoms with Crippen molar-refractivity contribution in [1.82, 2.24) is 14.9 Å². The van der Waals surface area contributed by atoms with Crippen molar-refractivity contribution in [2.45, 2.75) is 31.7 Å². The SMILES string of the molecule is COc1nccnc1N1C[C@H]2CC[C@@H](C1)N(CC1CC1)C2. The molecule has 1 aromatic rings. The van der Waals surface area contributed by atoms with Gasteiger partial charge in [0.25, 0.3) is 5.88 Å². The zero-order valence-electron chi connectivity index (χ0n) is 12.7. The van der Waals surface area contributed by atoms with Gasteiger partial charge < -0.3 is 9.64 Å². The van der Waals surface area contributed by atoms with Crippen LogP contribution in [-0.4, -0.2) is 54.2 Å². The van der Waals surface area contributed by atoms with Gasteiger partial charge in [-0.2, -0.15) is 0 Å². The van der Waals surface area contributed by atoms with Gasteiger partial charge in [0.2, 0.25) is 0 Å². The molecule has 0 spiro atoms. The predicted molar refractivity (Wildman–Crippen MR) is 81.6 cm³/mol. The molecule has 0 unspecified atom stereocenters. The molecule has 1 aliphatic carbocycles. The highest BCUT2D eigenvalue weighted by Gasteiger charge is 2.38. The monoisotopic (exact) mass is 288 g/mol. The van der Waals surface area contributed by atoms with Crippen LogP contribution in [0, 0.1) is 11.8 Å². The average Bonchev–Trinajstić information content (AvgIpc) is 3.34. The molecule has 3 saturated heterocycles. The fraction of sp³-hybridized carbons (Fsp3) is 0.750. The van der Waals surface area contributed by atoms with Gasteiger partial charge in [0.1, 0.15) is 0 Å². The Bertz CT molecular complexity index is 505. The number of piperidine rings is 1. The minimum absolute atomic E-state index is 0.660. The summed E-state index contributed by atoms with van der Waals surface area (Å²) in [5, 5.41) is 0. The predicted octanol–water partition coefficient (Wildman–Crippen LogP) is 1.80. The van der Waals surface area contributed by atoms with E-state index in [9.17, 15) is 0 Å². The van der Waals surface area contributed by atoms with Crippen molar-refractivity contribution in [3.8, 4) is 5.88 Å². The summed E-state index contributed by atoms with van der Waals surface area (Å²) in [6.45, 7) is 4.73. The Morgan fingerprint density at radius 1 is 1.10 bits per heavy atom. The minimum Gasteiger partial charge on any atom is -0.478 e. The maximum absolute atomic E-state index is 5.40. The molecule has 114 valence electrons. The third-order valence-corrected chi connectivity index (χ3v) is 5.16. The molecule has 5 rings (SSSR count). The van der Waals surface area contributed by atoms with E-state index < -0.39 is 0 Å². The molecule has 0 radical (unpaired) electrons. The first-order valence-electron chi connectivity index (χ1n) is 8.17. The molecule has 0 amide bonds. The number of methoxy groups -OCH3 is 1. The van der Waals surface area contributed by atoms with Crippen molar-refractivity contribution in [2.24, 2.45) is 11.8 Å². The summed E-state index contributed by atoms with van der Waals surface area (Å²) in [7, 11) is 1.68. The molecule has 0 N–H and O–H groups in total. The van der Waals surface area contributed by atoms with Crippen LogP contribution in [0.2, 0.25) is 0 Å². The second kappa shape index (κ2) is 5.44. The van der Waals surface area contributed by atoms with Crippen molar-refractivity contribution in [3.63, 3.8) is 0 Å². The Morgan fingerprint density at radius 2 is 1.95 bits per heavy atom. The average molecular weight is 288 g/mol. The van der Waals surface area contributed by atoms with E-state index in [2.05, 4.69) is 19.8 Å². The Kier molecular flexibility index (Phi) is 3.45. The van der Waals surface area contributed by atoms with Crippen molar-refractivity contribution >= 4 is 5.82 Å². The normalized spacial score (nSPS) is 29.5. The smallest absolute Gasteiger partial charge is 0.257 e. The lowest BCUT2D eigenvalue weighted by atomic mass is 9.95. The number of aromatic nitrogens is 2. The van der Waals surface area contributed by atoms with Gasteiger partial charge in [0.05, 0.1) is 7.11 Å². The fourth-order valence-electron chi connectivity index (χ4n) is 3.89. The van der Waals surface area contributed by atoms with Crippen LogP contribution >= 0.6 is 0 Å². The van der Waals surface area contributed by atoms with Gasteiger partial charge in [-0.1, -0.05) is 0 Å². The number of rotatable bonds is 4. The summed E-state index contributed by atoms with van der Waals surface area (Å²) in [5.74, 6) is 3.32. The van der Waals surface area contributed by atoms with E-state index in [0.29, 0.717) is 11.9 Å². The lowest BCUT2D eigenvalue weighted by Crippen LogP contribution is -2.44. The summed E-state index contributed by atoms with van der Waals surface area (Å²) in [5.41, 5.74) is 0. The fourth-order valence-corrected chi connectivity index (χ4v) is 3.89. The summed E-state index contributed by atoms with van der Waals surface area (Å²) in [4.78, 5) is 14.0. The quantitative estimate of drug-likeness (QED) is 0.845. The maximum atomic E-state index is 5.40.